The summed E-state index contributed by atoms with van der Waals surface area (Å²) in [6.45, 7) is 7.15. The molecule has 0 spiro atoms. The van der Waals surface area contributed by atoms with Crippen molar-refractivity contribution >= 4 is 17.7 Å². The van der Waals surface area contributed by atoms with Crippen molar-refractivity contribution in [3.63, 3.8) is 0 Å². The zero-order valence-corrected chi connectivity index (χ0v) is 12.1. The maximum Gasteiger partial charge on any atom is 0.230 e. The van der Waals surface area contributed by atoms with Gasteiger partial charge in [0.1, 0.15) is 0 Å². The Hall–Kier alpha value is -1.00. The van der Waals surface area contributed by atoms with E-state index in [1.54, 1.807) is 11.8 Å². The monoisotopic (exact) mass is 266 g/mol. The molecule has 0 aliphatic heterocycles. The SMILES string of the molecule is CCNC(C)c1cccc(SC(CC)C(N)=O)c1. The zero-order chi connectivity index (χ0) is 13.5. The van der Waals surface area contributed by atoms with Gasteiger partial charge >= 0.3 is 0 Å². The van der Waals surface area contributed by atoms with Gasteiger partial charge in [0.15, 0.2) is 0 Å². The van der Waals surface area contributed by atoms with Crippen LogP contribution in [-0.4, -0.2) is 17.7 Å². The number of carbonyl (C=O) groups is 1. The second-order valence-electron chi connectivity index (χ2n) is 4.27. The molecule has 18 heavy (non-hydrogen) atoms. The van der Waals surface area contributed by atoms with Crippen LogP contribution in [0.1, 0.15) is 38.8 Å². The van der Waals surface area contributed by atoms with Crippen molar-refractivity contribution in [1.29, 1.82) is 0 Å². The molecule has 3 N–H and O–H groups in total. The predicted molar refractivity (Wildman–Crippen MR) is 77.7 cm³/mol. The number of thioether (sulfide) groups is 1. The number of hydrogen-bond donors (Lipinski definition) is 2. The second-order valence-corrected chi connectivity index (χ2v) is 5.55. The van der Waals surface area contributed by atoms with Gasteiger partial charge in [-0.05, 0) is 37.6 Å². The molecule has 2 unspecified atom stereocenters. The number of nitrogens with one attached hydrogen (secondary N) is 1. The number of benzene rings is 1. The fraction of sp³-hybridized carbons (Fsp3) is 0.500. The number of amides is 1. The average molecular weight is 266 g/mol. The lowest BCUT2D eigenvalue weighted by Crippen LogP contribution is -2.24. The van der Waals surface area contributed by atoms with Crippen LogP contribution in [0.2, 0.25) is 0 Å². The molecule has 0 aliphatic rings. The summed E-state index contributed by atoms with van der Waals surface area (Å²) in [5, 5.41) is 3.23. The number of nitrogens with two attached hydrogens (primary N) is 1. The summed E-state index contributed by atoms with van der Waals surface area (Å²) in [5.74, 6) is -0.243. The number of carbonyl (C=O) groups excluding carboxylic acids is 1. The second kappa shape index (κ2) is 7.44. The average Bonchev–Trinajstić information content (AvgIpc) is 2.36. The molecule has 0 bridgehead atoms. The summed E-state index contributed by atoms with van der Waals surface area (Å²) >= 11 is 1.54. The first kappa shape index (κ1) is 15.1. The van der Waals surface area contributed by atoms with Gasteiger partial charge in [-0.1, -0.05) is 26.0 Å². The smallest absolute Gasteiger partial charge is 0.230 e. The molecule has 0 saturated heterocycles. The largest absolute Gasteiger partial charge is 0.369 e. The quantitative estimate of drug-likeness (QED) is 0.746. The van der Waals surface area contributed by atoms with Crippen LogP contribution in [0.5, 0.6) is 0 Å². The standard InChI is InChI=1S/C14H22N2OS/c1-4-13(14(15)17)18-12-8-6-7-11(9-12)10(3)16-5-2/h6-10,13,16H,4-5H2,1-3H3,(H2,15,17). The van der Waals surface area contributed by atoms with Crippen molar-refractivity contribution < 1.29 is 4.79 Å². The predicted octanol–water partition coefficient (Wildman–Crippen LogP) is 2.71. The molecule has 2 atom stereocenters. The Morgan fingerprint density at radius 3 is 2.72 bits per heavy atom. The fourth-order valence-electron chi connectivity index (χ4n) is 1.79. The molecule has 1 rings (SSSR count). The van der Waals surface area contributed by atoms with Crippen LogP contribution < -0.4 is 11.1 Å². The van der Waals surface area contributed by atoms with E-state index in [0.717, 1.165) is 17.9 Å². The molecule has 0 saturated carbocycles. The van der Waals surface area contributed by atoms with Gasteiger partial charge in [0, 0.05) is 10.9 Å². The Bertz CT molecular complexity index is 395. The number of rotatable bonds is 7. The molecule has 100 valence electrons. The van der Waals surface area contributed by atoms with E-state index in [0.29, 0.717) is 6.04 Å². The van der Waals surface area contributed by atoms with E-state index in [-0.39, 0.29) is 11.2 Å². The van der Waals surface area contributed by atoms with Crippen molar-refractivity contribution in [2.45, 2.75) is 43.4 Å². The Kier molecular flexibility index (Phi) is 6.22. The first-order valence-electron chi connectivity index (χ1n) is 6.37. The van der Waals surface area contributed by atoms with E-state index in [1.807, 2.05) is 19.1 Å². The van der Waals surface area contributed by atoms with Gasteiger partial charge in [-0.3, -0.25) is 4.79 Å². The van der Waals surface area contributed by atoms with Gasteiger partial charge in [0.2, 0.25) is 5.91 Å². The summed E-state index contributed by atoms with van der Waals surface area (Å²) < 4.78 is 0. The molecule has 1 amide bonds. The van der Waals surface area contributed by atoms with Crippen LogP contribution in [0, 0.1) is 0 Å². The minimum atomic E-state index is -0.243. The van der Waals surface area contributed by atoms with E-state index in [2.05, 4.69) is 31.3 Å². The maximum atomic E-state index is 11.2. The molecule has 3 nitrogen and oxygen atoms in total. The Morgan fingerprint density at radius 2 is 2.17 bits per heavy atom. The van der Waals surface area contributed by atoms with Gasteiger partial charge < -0.3 is 11.1 Å². The molecular weight excluding hydrogens is 244 g/mol. The van der Waals surface area contributed by atoms with Gasteiger partial charge in [0.05, 0.1) is 5.25 Å². The third kappa shape index (κ3) is 4.35. The van der Waals surface area contributed by atoms with Gasteiger partial charge in [-0.15, -0.1) is 11.8 Å². The Balaban J connectivity index is 2.78. The zero-order valence-electron chi connectivity index (χ0n) is 11.3. The van der Waals surface area contributed by atoms with Gasteiger partial charge in [-0.2, -0.15) is 0 Å². The number of hydrogen-bond acceptors (Lipinski definition) is 3. The third-order valence-electron chi connectivity index (χ3n) is 2.83. The van der Waals surface area contributed by atoms with Crippen LogP contribution in [0.25, 0.3) is 0 Å². The van der Waals surface area contributed by atoms with Crippen molar-refractivity contribution in [2.75, 3.05) is 6.54 Å². The minimum Gasteiger partial charge on any atom is -0.369 e. The van der Waals surface area contributed by atoms with Crippen LogP contribution in [0.15, 0.2) is 29.2 Å². The van der Waals surface area contributed by atoms with Crippen molar-refractivity contribution in [3.05, 3.63) is 29.8 Å². The van der Waals surface area contributed by atoms with Crippen LogP contribution in [0.4, 0.5) is 0 Å². The van der Waals surface area contributed by atoms with E-state index in [4.69, 9.17) is 5.73 Å². The first-order chi connectivity index (χ1) is 8.58. The molecule has 1 aromatic carbocycles. The molecule has 0 aromatic heterocycles. The molecule has 0 fully saturated rings. The molecule has 1 aromatic rings. The van der Waals surface area contributed by atoms with Gasteiger partial charge in [-0.25, -0.2) is 0 Å². The maximum absolute atomic E-state index is 11.2. The molecule has 0 heterocycles. The van der Waals surface area contributed by atoms with Crippen molar-refractivity contribution in [2.24, 2.45) is 5.73 Å². The summed E-state index contributed by atoms with van der Waals surface area (Å²) in [7, 11) is 0. The summed E-state index contributed by atoms with van der Waals surface area (Å²) in [6, 6.07) is 8.60. The minimum absolute atomic E-state index is 0.144. The van der Waals surface area contributed by atoms with E-state index >= 15 is 0 Å². The van der Waals surface area contributed by atoms with Crippen molar-refractivity contribution in [3.8, 4) is 0 Å². The highest BCUT2D eigenvalue weighted by atomic mass is 32.2. The third-order valence-corrected chi connectivity index (χ3v) is 4.21. The van der Waals surface area contributed by atoms with E-state index in [1.165, 1.54) is 5.56 Å². The summed E-state index contributed by atoms with van der Waals surface area (Å²) in [5.41, 5.74) is 6.61. The fourth-order valence-corrected chi connectivity index (χ4v) is 2.76. The lowest BCUT2D eigenvalue weighted by Gasteiger charge is -2.15. The molecule has 4 heteroatoms. The Morgan fingerprint density at radius 1 is 1.44 bits per heavy atom. The summed E-state index contributed by atoms with van der Waals surface area (Å²) in [6.07, 6.45) is 0.757. The van der Waals surface area contributed by atoms with Crippen molar-refractivity contribution in [1.82, 2.24) is 5.32 Å². The first-order valence-corrected chi connectivity index (χ1v) is 7.25. The molecule has 0 aliphatic carbocycles. The van der Waals surface area contributed by atoms with Crippen LogP contribution in [0.3, 0.4) is 0 Å². The highest BCUT2D eigenvalue weighted by Gasteiger charge is 2.14. The molecular formula is C14H22N2OS. The van der Waals surface area contributed by atoms with Crippen LogP contribution in [-0.2, 0) is 4.79 Å². The normalized spacial score (nSPS) is 14.2. The lowest BCUT2D eigenvalue weighted by molar-refractivity contribution is -0.117. The van der Waals surface area contributed by atoms with E-state index < -0.39 is 0 Å². The highest BCUT2D eigenvalue weighted by Crippen LogP contribution is 2.27. The van der Waals surface area contributed by atoms with Crippen LogP contribution >= 0.6 is 11.8 Å². The number of primary amides is 1. The lowest BCUT2D eigenvalue weighted by atomic mass is 10.1. The Labute approximate surface area is 114 Å². The topological polar surface area (TPSA) is 55.1 Å². The molecule has 0 radical (unpaired) electrons. The van der Waals surface area contributed by atoms with E-state index in [9.17, 15) is 4.79 Å². The highest BCUT2D eigenvalue weighted by molar-refractivity contribution is 8.00. The van der Waals surface area contributed by atoms with Gasteiger partial charge in [0.25, 0.3) is 0 Å². The summed E-state index contributed by atoms with van der Waals surface area (Å²) in [4.78, 5) is 12.3.